The lowest BCUT2D eigenvalue weighted by Gasteiger charge is -2.04. The molecular formula is C8H5N4O2-. The quantitative estimate of drug-likeness (QED) is 0.606. The Bertz CT molecular complexity index is 452. The van der Waals surface area contributed by atoms with Gasteiger partial charge in [-0.15, -0.1) is 5.10 Å². The van der Waals surface area contributed by atoms with Crippen LogP contribution in [0.25, 0.3) is 5.69 Å². The van der Waals surface area contributed by atoms with Crippen LogP contribution in [0.2, 0.25) is 0 Å². The number of carboxylic acids is 1. The van der Waals surface area contributed by atoms with Gasteiger partial charge in [0.15, 0.2) is 0 Å². The van der Waals surface area contributed by atoms with Gasteiger partial charge in [-0.2, -0.15) is 0 Å². The minimum Gasteiger partial charge on any atom is -0.545 e. The molecule has 0 bridgehead atoms. The molecule has 0 radical (unpaired) electrons. The van der Waals surface area contributed by atoms with Crippen LogP contribution in [0.4, 0.5) is 0 Å². The highest BCUT2D eigenvalue weighted by Gasteiger charge is 1.99. The summed E-state index contributed by atoms with van der Waals surface area (Å²) in [4.78, 5) is 10.6. The van der Waals surface area contributed by atoms with Crippen molar-refractivity contribution >= 4 is 5.97 Å². The monoisotopic (exact) mass is 189 g/mol. The Balaban J connectivity index is 2.46. The molecule has 6 nitrogen and oxygen atoms in total. The van der Waals surface area contributed by atoms with Crippen LogP contribution in [0, 0.1) is 0 Å². The molecule has 6 heteroatoms. The molecule has 0 saturated heterocycles. The molecule has 0 atom stereocenters. The van der Waals surface area contributed by atoms with Crippen LogP contribution in [0.15, 0.2) is 30.6 Å². The summed E-state index contributed by atoms with van der Waals surface area (Å²) in [6.07, 6.45) is 1.38. The predicted octanol–water partition coefficient (Wildman–Crippen LogP) is -0.974. The van der Waals surface area contributed by atoms with Gasteiger partial charge in [0.2, 0.25) is 0 Å². The second-order valence-corrected chi connectivity index (χ2v) is 2.59. The molecule has 0 spiro atoms. The van der Waals surface area contributed by atoms with Crippen molar-refractivity contribution in [2.24, 2.45) is 0 Å². The van der Waals surface area contributed by atoms with Crippen molar-refractivity contribution in [2.75, 3.05) is 0 Å². The molecule has 0 fully saturated rings. The fraction of sp³-hybridized carbons (Fsp3) is 0. The first-order valence-corrected chi connectivity index (χ1v) is 3.82. The Kier molecular flexibility index (Phi) is 1.94. The van der Waals surface area contributed by atoms with E-state index in [-0.39, 0.29) is 5.56 Å². The number of benzene rings is 1. The number of aromatic carboxylic acids is 1. The highest BCUT2D eigenvalue weighted by Crippen LogP contribution is 2.07. The maximum atomic E-state index is 10.6. The summed E-state index contributed by atoms with van der Waals surface area (Å²) in [5.74, 6) is -1.22. The molecule has 70 valence electrons. The van der Waals surface area contributed by atoms with Crippen molar-refractivity contribution in [2.45, 2.75) is 0 Å². The number of carbonyl (C=O) groups is 1. The van der Waals surface area contributed by atoms with Crippen LogP contribution in [0.5, 0.6) is 0 Å². The first-order chi connectivity index (χ1) is 6.77. The predicted molar refractivity (Wildman–Crippen MR) is 43.5 cm³/mol. The van der Waals surface area contributed by atoms with Crippen molar-refractivity contribution in [1.29, 1.82) is 0 Å². The van der Waals surface area contributed by atoms with E-state index in [9.17, 15) is 9.90 Å². The van der Waals surface area contributed by atoms with Crippen LogP contribution in [-0.4, -0.2) is 26.2 Å². The molecule has 0 aliphatic heterocycles. The number of hydrogen-bond donors (Lipinski definition) is 0. The normalized spacial score (nSPS) is 10.0. The summed E-state index contributed by atoms with van der Waals surface area (Å²) >= 11 is 0. The number of tetrazole rings is 1. The SMILES string of the molecule is O=C([O-])c1cccc(-n2cnnn2)c1. The largest absolute Gasteiger partial charge is 0.545 e. The molecule has 14 heavy (non-hydrogen) atoms. The van der Waals surface area contributed by atoms with Crippen LogP contribution in [0.1, 0.15) is 10.4 Å². The van der Waals surface area contributed by atoms with Crippen molar-refractivity contribution in [1.82, 2.24) is 20.2 Å². The Morgan fingerprint density at radius 3 is 2.93 bits per heavy atom. The lowest BCUT2D eigenvalue weighted by Crippen LogP contribution is -2.22. The van der Waals surface area contributed by atoms with E-state index < -0.39 is 5.97 Å². The molecule has 0 N–H and O–H groups in total. The number of carboxylic acid groups (broad SMARTS) is 1. The maximum Gasteiger partial charge on any atom is 0.143 e. The van der Waals surface area contributed by atoms with Gasteiger partial charge in [0.1, 0.15) is 6.33 Å². The summed E-state index contributed by atoms with van der Waals surface area (Å²) in [6, 6.07) is 6.18. The lowest BCUT2D eigenvalue weighted by molar-refractivity contribution is -0.255. The summed E-state index contributed by atoms with van der Waals surface area (Å²) < 4.78 is 1.37. The maximum absolute atomic E-state index is 10.6. The highest BCUT2D eigenvalue weighted by molar-refractivity contribution is 5.86. The van der Waals surface area contributed by atoms with E-state index in [2.05, 4.69) is 15.5 Å². The molecule has 0 aliphatic carbocycles. The average Bonchev–Trinajstić information content (AvgIpc) is 2.71. The van der Waals surface area contributed by atoms with Crippen LogP contribution >= 0.6 is 0 Å². The lowest BCUT2D eigenvalue weighted by atomic mass is 10.2. The van der Waals surface area contributed by atoms with E-state index in [0.717, 1.165) is 0 Å². The van der Waals surface area contributed by atoms with Crippen molar-refractivity contribution in [3.05, 3.63) is 36.2 Å². The topological polar surface area (TPSA) is 83.7 Å². The Hall–Kier alpha value is -2.24. The number of nitrogens with zero attached hydrogens (tertiary/aromatic N) is 4. The highest BCUT2D eigenvalue weighted by atomic mass is 16.4. The summed E-state index contributed by atoms with van der Waals surface area (Å²) in [6.45, 7) is 0. The fourth-order valence-corrected chi connectivity index (χ4v) is 1.05. The van der Waals surface area contributed by atoms with Gasteiger partial charge in [-0.05, 0) is 28.1 Å². The molecule has 0 amide bonds. The zero-order valence-corrected chi connectivity index (χ0v) is 6.99. The van der Waals surface area contributed by atoms with Gasteiger partial charge in [-0.3, -0.25) is 0 Å². The third kappa shape index (κ3) is 1.45. The molecular weight excluding hydrogens is 184 g/mol. The molecule has 1 aromatic carbocycles. The number of carbonyl (C=O) groups excluding carboxylic acids is 1. The Morgan fingerprint density at radius 2 is 2.29 bits per heavy atom. The first-order valence-electron chi connectivity index (χ1n) is 3.82. The first kappa shape index (κ1) is 8.36. The zero-order valence-electron chi connectivity index (χ0n) is 6.99. The molecule has 0 aliphatic rings. The van der Waals surface area contributed by atoms with Crippen LogP contribution < -0.4 is 5.11 Å². The van der Waals surface area contributed by atoms with Gasteiger partial charge >= 0.3 is 0 Å². The number of aromatic nitrogens is 4. The van der Waals surface area contributed by atoms with E-state index in [1.54, 1.807) is 12.1 Å². The molecule has 0 saturated carbocycles. The molecule has 1 heterocycles. The van der Waals surface area contributed by atoms with Gasteiger partial charge < -0.3 is 9.90 Å². The Labute approximate surface area is 78.8 Å². The third-order valence-electron chi connectivity index (χ3n) is 1.70. The van der Waals surface area contributed by atoms with E-state index in [0.29, 0.717) is 5.69 Å². The number of hydrogen-bond acceptors (Lipinski definition) is 5. The number of rotatable bonds is 2. The van der Waals surface area contributed by atoms with Gasteiger partial charge in [0.25, 0.3) is 0 Å². The molecule has 2 aromatic rings. The van der Waals surface area contributed by atoms with Crippen LogP contribution in [0.3, 0.4) is 0 Å². The minimum absolute atomic E-state index is 0.0954. The van der Waals surface area contributed by atoms with Crippen LogP contribution in [-0.2, 0) is 0 Å². The van der Waals surface area contributed by atoms with Crippen molar-refractivity contribution < 1.29 is 9.90 Å². The smallest absolute Gasteiger partial charge is 0.143 e. The molecule has 2 rings (SSSR count). The van der Waals surface area contributed by atoms with Gasteiger partial charge in [0.05, 0.1) is 11.7 Å². The van der Waals surface area contributed by atoms with Crippen molar-refractivity contribution in [3.63, 3.8) is 0 Å². The van der Waals surface area contributed by atoms with E-state index in [1.807, 2.05) is 0 Å². The van der Waals surface area contributed by atoms with Gasteiger partial charge in [-0.25, -0.2) is 4.68 Å². The van der Waals surface area contributed by atoms with Crippen molar-refractivity contribution in [3.8, 4) is 5.69 Å². The summed E-state index contributed by atoms with van der Waals surface area (Å²) in [5, 5.41) is 21.1. The van der Waals surface area contributed by atoms with E-state index in [1.165, 1.54) is 23.1 Å². The molecule has 0 unspecified atom stereocenters. The molecule has 1 aromatic heterocycles. The fourth-order valence-electron chi connectivity index (χ4n) is 1.05. The standard InChI is InChI=1S/C8H6N4O2/c13-8(14)6-2-1-3-7(4-6)12-5-9-10-11-12/h1-5H,(H,13,14)/p-1. The van der Waals surface area contributed by atoms with E-state index >= 15 is 0 Å². The van der Waals surface area contributed by atoms with E-state index in [4.69, 9.17) is 0 Å². The van der Waals surface area contributed by atoms with Gasteiger partial charge in [-0.1, -0.05) is 12.1 Å². The second-order valence-electron chi connectivity index (χ2n) is 2.59. The zero-order chi connectivity index (χ0) is 9.97. The average molecular weight is 189 g/mol. The third-order valence-corrected chi connectivity index (χ3v) is 1.70. The van der Waals surface area contributed by atoms with Gasteiger partial charge in [0, 0.05) is 0 Å². The minimum atomic E-state index is -1.22. The Morgan fingerprint density at radius 1 is 1.43 bits per heavy atom. The second kappa shape index (κ2) is 3.25. The summed E-state index contributed by atoms with van der Waals surface area (Å²) in [7, 11) is 0. The summed E-state index contributed by atoms with van der Waals surface area (Å²) in [5.41, 5.74) is 0.676.